The average molecular weight is 241 g/mol. The van der Waals surface area contributed by atoms with Crippen LogP contribution in [0.2, 0.25) is 0 Å². The minimum atomic E-state index is -0.939. The maximum Gasteiger partial charge on any atom is 0.119 e. The van der Waals surface area contributed by atoms with Gasteiger partial charge in [-0.3, -0.25) is 0 Å². The minimum Gasteiger partial charge on any atom is -0.491 e. The van der Waals surface area contributed by atoms with Crippen LogP contribution in [-0.2, 0) is 0 Å². The first kappa shape index (κ1) is 13.9. The van der Waals surface area contributed by atoms with E-state index in [0.717, 1.165) is 0 Å². The van der Waals surface area contributed by atoms with E-state index < -0.39 is 12.2 Å². The van der Waals surface area contributed by atoms with E-state index in [4.69, 9.17) is 15.6 Å². The maximum atomic E-state index is 9.80. The van der Waals surface area contributed by atoms with Crippen molar-refractivity contribution >= 4 is 0 Å². The average Bonchev–Trinajstić information content (AvgIpc) is 2.36. The highest BCUT2D eigenvalue weighted by Gasteiger charge is 2.17. The molecule has 0 aliphatic heterocycles. The Labute approximate surface area is 100 Å². The number of aliphatic hydroxyl groups excluding tert-OH is 3. The first-order valence-electron chi connectivity index (χ1n) is 5.59. The van der Waals surface area contributed by atoms with Gasteiger partial charge in [-0.15, -0.1) is 0 Å². The monoisotopic (exact) mass is 241 g/mol. The molecule has 5 N–H and O–H groups in total. The van der Waals surface area contributed by atoms with Gasteiger partial charge >= 0.3 is 0 Å². The largest absolute Gasteiger partial charge is 0.491 e. The molecule has 1 aromatic carbocycles. The molecule has 0 aromatic heterocycles. The molecule has 5 nitrogen and oxygen atoms in total. The van der Waals surface area contributed by atoms with Gasteiger partial charge in [0.25, 0.3) is 0 Å². The number of hydrogen-bond donors (Lipinski definition) is 4. The Morgan fingerprint density at radius 2 is 1.82 bits per heavy atom. The summed E-state index contributed by atoms with van der Waals surface area (Å²) in [5, 5.41) is 28.0. The van der Waals surface area contributed by atoms with Crippen molar-refractivity contribution in [2.45, 2.75) is 18.6 Å². The quantitative estimate of drug-likeness (QED) is 0.530. The first-order chi connectivity index (χ1) is 8.19. The summed E-state index contributed by atoms with van der Waals surface area (Å²) in [7, 11) is 0. The van der Waals surface area contributed by atoms with Gasteiger partial charge in [-0.2, -0.15) is 0 Å². The van der Waals surface area contributed by atoms with Crippen LogP contribution in [-0.4, -0.2) is 41.2 Å². The highest BCUT2D eigenvalue weighted by Crippen LogP contribution is 2.21. The summed E-state index contributed by atoms with van der Waals surface area (Å²) >= 11 is 0. The number of benzene rings is 1. The van der Waals surface area contributed by atoms with Gasteiger partial charge in [0.1, 0.15) is 18.5 Å². The van der Waals surface area contributed by atoms with Gasteiger partial charge in [0.05, 0.1) is 12.7 Å². The van der Waals surface area contributed by atoms with E-state index in [1.807, 2.05) is 0 Å². The molecular formula is C12H19NO4. The Hall–Kier alpha value is -1.14. The van der Waals surface area contributed by atoms with Crippen LogP contribution in [0.3, 0.4) is 0 Å². The van der Waals surface area contributed by atoms with E-state index >= 15 is 0 Å². The fraction of sp³-hybridized carbons (Fsp3) is 0.500. The second kappa shape index (κ2) is 7.24. The molecule has 1 rings (SSSR count). The number of nitrogens with two attached hydrogens (primary N) is 1. The van der Waals surface area contributed by atoms with E-state index in [0.29, 0.717) is 24.3 Å². The lowest BCUT2D eigenvalue weighted by Gasteiger charge is -2.17. The van der Waals surface area contributed by atoms with E-state index in [9.17, 15) is 10.2 Å². The first-order valence-corrected chi connectivity index (χ1v) is 5.59. The molecule has 0 aliphatic rings. The zero-order valence-corrected chi connectivity index (χ0v) is 9.62. The van der Waals surface area contributed by atoms with Gasteiger partial charge in [0, 0.05) is 0 Å². The van der Waals surface area contributed by atoms with Crippen LogP contribution in [0.4, 0.5) is 0 Å². The number of ether oxygens (including phenoxy) is 1. The van der Waals surface area contributed by atoms with Gasteiger partial charge in [0.15, 0.2) is 0 Å². The third-order valence-corrected chi connectivity index (χ3v) is 2.41. The fourth-order valence-corrected chi connectivity index (χ4v) is 1.48. The molecule has 2 atom stereocenters. The number of rotatable bonds is 7. The Balaban J connectivity index is 2.60. The summed E-state index contributed by atoms with van der Waals surface area (Å²) in [4.78, 5) is 0. The molecule has 0 bridgehead atoms. The standard InChI is InChI=1S/C12H19NO4/c13-6-5-11(15)12(16)9-1-3-10(4-2-9)17-8-7-14/h1-4,11-12,14-16H,5-8,13H2. The van der Waals surface area contributed by atoms with Gasteiger partial charge in [0.2, 0.25) is 0 Å². The Morgan fingerprint density at radius 1 is 1.18 bits per heavy atom. The molecule has 0 saturated heterocycles. The second-order valence-corrected chi connectivity index (χ2v) is 3.73. The predicted molar refractivity (Wildman–Crippen MR) is 63.7 cm³/mol. The second-order valence-electron chi connectivity index (χ2n) is 3.73. The zero-order valence-electron chi connectivity index (χ0n) is 9.62. The van der Waals surface area contributed by atoms with Crippen LogP contribution in [0, 0.1) is 0 Å². The normalized spacial score (nSPS) is 14.4. The molecule has 96 valence electrons. The molecule has 0 spiro atoms. The summed E-state index contributed by atoms with van der Waals surface area (Å²) < 4.78 is 5.18. The van der Waals surface area contributed by atoms with Crippen molar-refractivity contribution in [3.05, 3.63) is 29.8 Å². The molecule has 2 unspecified atom stereocenters. The van der Waals surface area contributed by atoms with Crippen molar-refractivity contribution in [2.24, 2.45) is 5.73 Å². The fourth-order valence-electron chi connectivity index (χ4n) is 1.48. The molecular weight excluding hydrogens is 222 g/mol. The lowest BCUT2D eigenvalue weighted by atomic mass is 10.0. The summed E-state index contributed by atoms with van der Waals surface area (Å²) in [5.41, 5.74) is 5.92. The molecule has 0 heterocycles. The molecule has 17 heavy (non-hydrogen) atoms. The van der Waals surface area contributed by atoms with Crippen LogP contribution in [0.25, 0.3) is 0 Å². The molecule has 0 aliphatic carbocycles. The minimum absolute atomic E-state index is 0.0421. The summed E-state index contributed by atoms with van der Waals surface area (Å²) in [6, 6.07) is 6.72. The van der Waals surface area contributed by atoms with Gasteiger partial charge in [-0.1, -0.05) is 12.1 Å². The predicted octanol–water partition coefficient (Wildman–Crippen LogP) is -0.199. The lowest BCUT2D eigenvalue weighted by molar-refractivity contribution is 0.0150. The molecule has 0 radical (unpaired) electrons. The van der Waals surface area contributed by atoms with Gasteiger partial charge in [-0.25, -0.2) is 0 Å². The Kier molecular flexibility index (Phi) is 5.93. The van der Waals surface area contributed by atoms with Crippen molar-refractivity contribution < 1.29 is 20.1 Å². The Bertz CT molecular complexity index is 315. The Morgan fingerprint density at radius 3 is 2.35 bits per heavy atom. The SMILES string of the molecule is NCCC(O)C(O)c1ccc(OCCO)cc1. The molecule has 5 heteroatoms. The van der Waals surface area contributed by atoms with E-state index in [-0.39, 0.29) is 13.2 Å². The van der Waals surface area contributed by atoms with E-state index in [1.165, 1.54) is 0 Å². The highest BCUT2D eigenvalue weighted by molar-refractivity contribution is 5.28. The topological polar surface area (TPSA) is 95.9 Å². The van der Waals surface area contributed by atoms with Crippen LogP contribution in [0.15, 0.2) is 24.3 Å². The molecule has 0 amide bonds. The van der Waals surface area contributed by atoms with E-state index in [2.05, 4.69) is 0 Å². The smallest absolute Gasteiger partial charge is 0.119 e. The van der Waals surface area contributed by atoms with Gasteiger partial charge < -0.3 is 25.8 Å². The van der Waals surface area contributed by atoms with Crippen molar-refractivity contribution in [3.8, 4) is 5.75 Å². The van der Waals surface area contributed by atoms with Crippen LogP contribution >= 0.6 is 0 Å². The third-order valence-electron chi connectivity index (χ3n) is 2.41. The lowest BCUT2D eigenvalue weighted by Crippen LogP contribution is -2.21. The van der Waals surface area contributed by atoms with Crippen molar-refractivity contribution in [1.82, 2.24) is 0 Å². The van der Waals surface area contributed by atoms with E-state index in [1.54, 1.807) is 24.3 Å². The van der Waals surface area contributed by atoms with Crippen molar-refractivity contribution in [2.75, 3.05) is 19.8 Å². The highest BCUT2D eigenvalue weighted by atomic mass is 16.5. The maximum absolute atomic E-state index is 9.80. The molecule has 1 aromatic rings. The van der Waals surface area contributed by atoms with Gasteiger partial charge in [-0.05, 0) is 30.7 Å². The van der Waals surface area contributed by atoms with Crippen LogP contribution in [0.5, 0.6) is 5.75 Å². The molecule has 0 fully saturated rings. The van der Waals surface area contributed by atoms with Crippen molar-refractivity contribution in [1.29, 1.82) is 0 Å². The summed E-state index contributed by atoms with van der Waals surface area (Å²) in [5.74, 6) is 0.614. The van der Waals surface area contributed by atoms with Crippen molar-refractivity contribution in [3.63, 3.8) is 0 Å². The molecule has 0 saturated carbocycles. The number of hydrogen-bond acceptors (Lipinski definition) is 5. The summed E-state index contributed by atoms with van der Waals surface area (Å²) in [6.45, 7) is 0.521. The van der Waals surface area contributed by atoms with Crippen LogP contribution < -0.4 is 10.5 Å². The zero-order chi connectivity index (χ0) is 12.7. The third kappa shape index (κ3) is 4.32. The summed E-state index contributed by atoms with van der Waals surface area (Å²) in [6.07, 6.45) is -1.45. The van der Waals surface area contributed by atoms with Crippen LogP contribution in [0.1, 0.15) is 18.1 Å². The number of aliphatic hydroxyl groups is 3.